The van der Waals surface area contributed by atoms with Gasteiger partial charge in [0.25, 0.3) is 11.5 Å². The van der Waals surface area contributed by atoms with Gasteiger partial charge in [-0.3, -0.25) is 9.59 Å². The van der Waals surface area contributed by atoms with Crippen molar-refractivity contribution < 1.29 is 18.0 Å². The zero-order valence-electron chi connectivity index (χ0n) is 13.9. The molecule has 0 radical (unpaired) electrons. The second-order valence-electron chi connectivity index (χ2n) is 5.88. The minimum Gasteiger partial charge on any atom is -0.353 e. The van der Waals surface area contributed by atoms with Crippen LogP contribution in [0.15, 0.2) is 35.5 Å². The van der Waals surface area contributed by atoms with Gasteiger partial charge in [-0.2, -0.15) is 13.2 Å². The zero-order valence-corrected chi connectivity index (χ0v) is 13.9. The molecule has 0 N–H and O–H groups in total. The maximum Gasteiger partial charge on any atom is 0.433 e. The van der Waals surface area contributed by atoms with Crippen LogP contribution in [0.2, 0.25) is 0 Å². The molecule has 7 nitrogen and oxygen atoms in total. The Morgan fingerprint density at radius 2 is 1.85 bits per heavy atom. The number of piperazine rings is 1. The fraction of sp³-hybridized carbons (Fsp3) is 0.375. The van der Waals surface area contributed by atoms with Crippen molar-refractivity contribution in [3.8, 4) is 0 Å². The van der Waals surface area contributed by atoms with E-state index in [1.54, 1.807) is 24.2 Å². The molecule has 0 saturated carbocycles. The third kappa shape index (κ3) is 3.53. The van der Waals surface area contributed by atoms with Crippen molar-refractivity contribution in [1.82, 2.24) is 19.4 Å². The van der Waals surface area contributed by atoms with Gasteiger partial charge in [0.15, 0.2) is 0 Å². The highest BCUT2D eigenvalue weighted by molar-refractivity contribution is 5.94. The molecule has 3 heterocycles. The summed E-state index contributed by atoms with van der Waals surface area (Å²) >= 11 is 0. The Morgan fingerprint density at radius 1 is 1.15 bits per heavy atom. The van der Waals surface area contributed by atoms with E-state index in [1.807, 2.05) is 0 Å². The van der Waals surface area contributed by atoms with Crippen LogP contribution < -0.4 is 10.5 Å². The fourth-order valence-electron chi connectivity index (χ4n) is 2.74. The molecule has 138 valence electrons. The summed E-state index contributed by atoms with van der Waals surface area (Å²) in [5.74, 6) is -0.223. The van der Waals surface area contributed by atoms with Crippen LogP contribution in [-0.4, -0.2) is 51.5 Å². The number of aryl methyl sites for hydroxylation is 1. The topological polar surface area (TPSA) is 71.3 Å². The largest absolute Gasteiger partial charge is 0.433 e. The predicted molar refractivity (Wildman–Crippen MR) is 86.8 cm³/mol. The third-order valence-corrected chi connectivity index (χ3v) is 4.19. The lowest BCUT2D eigenvalue weighted by molar-refractivity contribution is -0.141. The van der Waals surface area contributed by atoms with Gasteiger partial charge in [-0.1, -0.05) is 0 Å². The first-order valence-electron chi connectivity index (χ1n) is 7.86. The number of hydrogen-bond acceptors (Lipinski definition) is 5. The second kappa shape index (κ2) is 6.77. The SMILES string of the molecule is Cn1cccc(C(=O)N2CCN(c3cc(C(F)(F)F)ncn3)CC2)c1=O. The van der Waals surface area contributed by atoms with Gasteiger partial charge < -0.3 is 14.4 Å². The van der Waals surface area contributed by atoms with Gasteiger partial charge in [-0.05, 0) is 12.1 Å². The highest BCUT2D eigenvalue weighted by atomic mass is 19.4. The molecule has 10 heteroatoms. The number of anilines is 1. The van der Waals surface area contributed by atoms with Gasteiger partial charge in [0.2, 0.25) is 0 Å². The molecule has 1 fully saturated rings. The number of hydrogen-bond donors (Lipinski definition) is 0. The summed E-state index contributed by atoms with van der Waals surface area (Å²) in [6, 6.07) is 3.98. The van der Waals surface area contributed by atoms with Gasteiger partial charge in [0.05, 0.1) is 0 Å². The first-order chi connectivity index (χ1) is 12.3. The van der Waals surface area contributed by atoms with E-state index >= 15 is 0 Å². The molecule has 26 heavy (non-hydrogen) atoms. The molecule has 1 amide bonds. The van der Waals surface area contributed by atoms with Crippen molar-refractivity contribution >= 4 is 11.7 Å². The molecule has 2 aromatic heterocycles. The van der Waals surface area contributed by atoms with E-state index in [-0.39, 0.29) is 35.9 Å². The van der Waals surface area contributed by atoms with Crippen LogP contribution in [0, 0.1) is 0 Å². The van der Waals surface area contributed by atoms with Gasteiger partial charge in [0, 0.05) is 45.5 Å². The van der Waals surface area contributed by atoms with E-state index in [1.165, 1.54) is 15.5 Å². The van der Waals surface area contributed by atoms with Crippen molar-refractivity contribution in [2.45, 2.75) is 6.18 Å². The van der Waals surface area contributed by atoms with Crippen LogP contribution >= 0.6 is 0 Å². The van der Waals surface area contributed by atoms with Crippen LogP contribution in [0.1, 0.15) is 16.1 Å². The maximum absolute atomic E-state index is 12.8. The minimum atomic E-state index is -4.54. The molecule has 0 spiro atoms. The summed E-state index contributed by atoms with van der Waals surface area (Å²) in [6.45, 7) is 1.19. The number of rotatable bonds is 2. The monoisotopic (exact) mass is 367 g/mol. The summed E-state index contributed by atoms with van der Waals surface area (Å²) in [6.07, 6.45) is -2.10. The Morgan fingerprint density at radius 3 is 2.50 bits per heavy atom. The number of carbonyl (C=O) groups is 1. The van der Waals surface area contributed by atoms with E-state index in [0.717, 1.165) is 12.4 Å². The second-order valence-corrected chi connectivity index (χ2v) is 5.88. The molecular formula is C16H16F3N5O2. The number of alkyl halides is 3. The van der Waals surface area contributed by atoms with Gasteiger partial charge in [-0.25, -0.2) is 9.97 Å². The van der Waals surface area contributed by atoms with Crippen molar-refractivity contribution in [3.63, 3.8) is 0 Å². The first-order valence-corrected chi connectivity index (χ1v) is 7.86. The molecule has 2 aromatic rings. The smallest absolute Gasteiger partial charge is 0.353 e. The molecule has 0 aromatic carbocycles. The van der Waals surface area contributed by atoms with Crippen molar-refractivity contribution in [2.75, 3.05) is 31.1 Å². The average molecular weight is 367 g/mol. The minimum absolute atomic E-state index is 0.0739. The molecule has 0 aliphatic carbocycles. The van der Waals surface area contributed by atoms with Crippen LogP contribution in [0.25, 0.3) is 0 Å². The molecule has 3 rings (SSSR count). The molecule has 1 aliphatic rings. The van der Waals surface area contributed by atoms with Gasteiger partial charge in [-0.15, -0.1) is 0 Å². The summed E-state index contributed by atoms with van der Waals surface area (Å²) in [7, 11) is 1.56. The summed E-state index contributed by atoms with van der Waals surface area (Å²) < 4.78 is 39.6. The van der Waals surface area contributed by atoms with Crippen LogP contribution in [0.4, 0.5) is 19.0 Å². The van der Waals surface area contributed by atoms with Crippen molar-refractivity contribution in [3.05, 3.63) is 52.3 Å². The molecule has 0 atom stereocenters. The van der Waals surface area contributed by atoms with Gasteiger partial charge in [0.1, 0.15) is 23.4 Å². The zero-order chi connectivity index (χ0) is 18.9. The summed E-state index contributed by atoms with van der Waals surface area (Å²) in [5.41, 5.74) is -1.32. The molecule has 1 aliphatic heterocycles. The Bertz CT molecular complexity index is 873. The lowest BCUT2D eigenvalue weighted by Crippen LogP contribution is -2.50. The number of aromatic nitrogens is 3. The fourth-order valence-corrected chi connectivity index (χ4v) is 2.74. The van der Waals surface area contributed by atoms with Crippen molar-refractivity contribution in [2.24, 2.45) is 7.05 Å². The van der Waals surface area contributed by atoms with E-state index < -0.39 is 11.9 Å². The summed E-state index contributed by atoms with van der Waals surface area (Å²) in [4.78, 5) is 34.9. The lowest BCUT2D eigenvalue weighted by Gasteiger charge is -2.35. The Hall–Kier alpha value is -2.91. The molecule has 1 saturated heterocycles. The first kappa shape index (κ1) is 17.9. The molecule has 0 unspecified atom stereocenters. The Labute approximate surface area is 146 Å². The maximum atomic E-state index is 12.8. The standard InChI is InChI=1S/C16H16F3N5O2/c1-22-4-2-3-11(14(22)25)15(26)24-7-5-23(6-8-24)13-9-12(16(17,18)19)20-10-21-13/h2-4,9-10H,5-8H2,1H3. The highest BCUT2D eigenvalue weighted by Crippen LogP contribution is 2.29. The number of halogens is 3. The molecular weight excluding hydrogens is 351 g/mol. The van der Waals surface area contributed by atoms with Crippen LogP contribution in [-0.2, 0) is 13.2 Å². The van der Waals surface area contributed by atoms with Gasteiger partial charge >= 0.3 is 6.18 Å². The van der Waals surface area contributed by atoms with E-state index in [0.29, 0.717) is 13.1 Å². The molecule has 0 bridgehead atoms. The average Bonchev–Trinajstić information content (AvgIpc) is 2.63. The number of carbonyl (C=O) groups excluding carboxylic acids is 1. The Kier molecular flexibility index (Phi) is 4.66. The normalized spacial score (nSPS) is 15.2. The van der Waals surface area contributed by atoms with Crippen molar-refractivity contribution in [1.29, 1.82) is 0 Å². The quantitative estimate of drug-likeness (QED) is 0.797. The number of amides is 1. The van der Waals surface area contributed by atoms with E-state index in [2.05, 4.69) is 9.97 Å². The van der Waals surface area contributed by atoms with Crippen LogP contribution in [0.5, 0.6) is 0 Å². The summed E-state index contributed by atoms with van der Waals surface area (Å²) in [5, 5.41) is 0. The van der Waals surface area contributed by atoms with E-state index in [9.17, 15) is 22.8 Å². The van der Waals surface area contributed by atoms with E-state index in [4.69, 9.17) is 0 Å². The number of pyridine rings is 1. The third-order valence-electron chi connectivity index (χ3n) is 4.19. The van der Waals surface area contributed by atoms with Crippen LogP contribution in [0.3, 0.4) is 0 Å². The highest BCUT2D eigenvalue weighted by Gasteiger charge is 2.33. The Balaban J connectivity index is 1.71. The predicted octanol–water partition coefficient (Wildman–Crippen LogP) is 1.16. The number of nitrogens with zero attached hydrogens (tertiary/aromatic N) is 5. The lowest BCUT2D eigenvalue weighted by atomic mass is 10.2.